The minimum atomic E-state index is -2.74. The van der Waals surface area contributed by atoms with E-state index in [1.165, 1.54) is 0 Å². The molecule has 0 aromatic heterocycles. The minimum absolute atomic E-state index is 0. The molecule has 0 aromatic carbocycles. The zero-order valence-electron chi connectivity index (χ0n) is 7.65. The summed E-state index contributed by atoms with van der Waals surface area (Å²) >= 11 is -0.750. The van der Waals surface area contributed by atoms with Gasteiger partial charge < -0.3 is 20.4 Å². The summed E-state index contributed by atoms with van der Waals surface area (Å²) in [6.07, 6.45) is -2.29. The molecule has 94 valence electrons. The first kappa shape index (κ1) is 21.5. The Morgan fingerprint density at radius 1 is 0.941 bits per heavy atom. The summed E-state index contributed by atoms with van der Waals surface area (Å²) in [6, 6.07) is 0. The van der Waals surface area contributed by atoms with E-state index in [0.29, 0.717) is 0 Å². The number of aliphatic carboxylic acids is 3. The van der Waals surface area contributed by atoms with Crippen LogP contribution in [0.4, 0.5) is 0 Å². The van der Waals surface area contributed by atoms with Crippen LogP contribution < -0.4 is 0 Å². The standard InChI is InChI=1S/C6H8O7.Na.O2S.H/c7-3(8)1-6(13,5(11)12)2-4(9)10;;1-3-2;/h13H,1-2H2,(H,7,8)(H,9,10)(H,11,12);;;. The number of carbonyl (C=O) groups is 3. The van der Waals surface area contributed by atoms with Gasteiger partial charge in [-0.3, -0.25) is 9.59 Å². The Bertz CT molecular complexity index is 305. The number of carboxylic acid groups (broad SMARTS) is 3. The number of rotatable bonds is 5. The van der Waals surface area contributed by atoms with Crippen molar-refractivity contribution in [2.45, 2.75) is 18.4 Å². The maximum atomic E-state index is 10.3. The molecule has 0 saturated carbocycles. The van der Waals surface area contributed by atoms with Crippen LogP contribution in [0.15, 0.2) is 0 Å². The summed E-state index contributed by atoms with van der Waals surface area (Å²) < 4.78 is 16.6. The molecule has 0 amide bonds. The van der Waals surface area contributed by atoms with Crippen LogP contribution in [0.2, 0.25) is 0 Å². The van der Waals surface area contributed by atoms with E-state index >= 15 is 0 Å². The molecule has 0 rings (SSSR count). The van der Waals surface area contributed by atoms with E-state index in [4.69, 9.17) is 28.8 Å². The first-order chi connectivity index (χ1) is 7.19. The van der Waals surface area contributed by atoms with E-state index in [9.17, 15) is 14.4 Å². The average Bonchev–Trinajstić information content (AvgIpc) is 2.01. The van der Waals surface area contributed by atoms with Crippen LogP contribution in [-0.4, -0.2) is 81.9 Å². The van der Waals surface area contributed by atoms with Crippen molar-refractivity contribution in [1.82, 2.24) is 0 Å². The van der Waals surface area contributed by atoms with Gasteiger partial charge in [-0.05, 0) is 0 Å². The van der Waals surface area contributed by atoms with Crippen LogP contribution in [0.1, 0.15) is 12.8 Å². The van der Waals surface area contributed by atoms with Gasteiger partial charge in [0.15, 0.2) is 5.60 Å². The molecule has 0 aromatic rings. The third-order valence-electron chi connectivity index (χ3n) is 1.29. The van der Waals surface area contributed by atoms with Crippen molar-refractivity contribution in [3.05, 3.63) is 0 Å². The van der Waals surface area contributed by atoms with Gasteiger partial charge in [0.05, 0.1) is 12.8 Å². The molecule has 11 heteroatoms. The van der Waals surface area contributed by atoms with Gasteiger partial charge in [-0.1, -0.05) is 0 Å². The Kier molecular flexibility index (Phi) is 13.1. The predicted molar refractivity (Wildman–Crippen MR) is 53.2 cm³/mol. The second-order valence-electron chi connectivity index (χ2n) is 2.55. The Balaban J connectivity index is -0.000000440. The zero-order valence-corrected chi connectivity index (χ0v) is 8.47. The van der Waals surface area contributed by atoms with Gasteiger partial charge in [-0.15, -0.1) is 0 Å². The average molecular weight is 280 g/mol. The van der Waals surface area contributed by atoms with Crippen LogP contribution >= 0.6 is 0 Å². The molecule has 0 saturated heterocycles. The molecule has 0 aliphatic carbocycles. The van der Waals surface area contributed by atoms with E-state index in [-0.39, 0.29) is 29.6 Å². The van der Waals surface area contributed by atoms with E-state index < -0.39 is 47.9 Å². The molecule has 0 atom stereocenters. The van der Waals surface area contributed by atoms with Crippen LogP contribution in [0, 0.1) is 0 Å². The van der Waals surface area contributed by atoms with Crippen LogP contribution in [0.3, 0.4) is 0 Å². The van der Waals surface area contributed by atoms with E-state index in [2.05, 4.69) is 0 Å². The second-order valence-corrected chi connectivity index (χ2v) is 2.68. The van der Waals surface area contributed by atoms with Crippen LogP contribution in [-0.2, 0) is 26.0 Å². The molecule has 0 aliphatic heterocycles. The molecule has 0 bridgehead atoms. The first-order valence-electron chi connectivity index (χ1n) is 3.50. The fourth-order valence-electron chi connectivity index (χ4n) is 0.714. The Hall–Kier alpha value is -0.810. The van der Waals surface area contributed by atoms with Gasteiger partial charge >= 0.3 is 59.0 Å². The molecule has 4 N–H and O–H groups in total. The summed E-state index contributed by atoms with van der Waals surface area (Å²) in [5.74, 6) is -5.02. The molecular weight excluding hydrogens is 271 g/mol. The molecule has 0 radical (unpaired) electrons. The zero-order chi connectivity index (χ0) is 13.4. The molecular formula is C6H9NaO9S. The van der Waals surface area contributed by atoms with Gasteiger partial charge in [0, 0.05) is 0 Å². The van der Waals surface area contributed by atoms with E-state index in [1.54, 1.807) is 0 Å². The normalized spacial score (nSPS) is 9.00. The quantitative estimate of drug-likeness (QED) is 0.396. The Morgan fingerprint density at radius 2 is 1.18 bits per heavy atom. The third kappa shape index (κ3) is 11.5. The van der Waals surface area contributed by atoms with Crippen molar-refractivity contribution >= 4 is 59.0 Å². The van der Waals surface area contributed by atoms with Gasteiger partial charge in [-0.2, -0.15) is 8.42 Å². The summed E-state index contributed by atoms with van der Waals surface area (Å²) in [6.45, 7) is 0. The molecule has 0 heterocycles. The molecule has 0 spiro atoms. The first-order valence-corrected chi connectivity index (χ1v) is 4.17. The number of aliphatic hydroxyl groups is 1. The summed E-state index contributed by atoms with van der Waals surface area (Å²) in [5, 5.41) is 33.8. The third-order valence-corrected chi connectivity index (χ3v) is 1.29. The van der Waals surface area contributed by atoms with Crippen molar-refractivity contribution in [2.75, 3.05) is 0 Å². The second kappa shape index (κ2) is 10.4. The monoisotopic (exact) mass is 280 g/mol. The molecule has 0 fully saturated rings. The van der Waals surface area contributed by atoms with Crippen molar-refractivity contribution < 1.29 is 43.2 Å². The Morgan fingerprint density at radius 3 is 1.29 bits per heavy atom. The number of carboxylic acids is 3. The summed E-state index contributed by atoms with van der Waals surface area (Å²) in [5.41, 5.74) is -2.74. The van der Waals surface area contributed by atoms with Crippen LogP contribution in [0.25, 0.3) is 0 Å². The fraction of sp³-hybridized carbons (Fsp3) is 0.500. The van der Waals surface area contributed by atoms with Gasteiger partial charge in [0.25, 0.3) is 0 Å². The fourth-order valence-corrected chi connectivity index (χ4v) is 0.714. The van der Waals surface area contributed by atoms with Crippen molar-refractivity contribution in [3.8, 4) is 0 Å². The van der Waals surface area contributed by atoms with Crippen LogP contribution in [0.5, 0.6) is 0 Å². The van der Waals surface area contributed by atoms with E-state index in [1.807, 2.05) is 0 Å². The molecule has 17 heavy (non-hydrogen) atoms. The van der Waals surface area contributed by atoms with Gasteiger partial charge in [0.1, 0.15) is 0 Å². The summed E-state index contributed by atoms with van der Waals surface area (Å²) in [4.78, 5) is 30.5. The molecule has 0 aliphatic rings. The van der Waals surface area contributed by atoms with Crippen molar-refractivity contribution in [1.29, 1.82) is 0 Å². The topological polar surface area (TPSA) is 166 Å². The number of hydrogen-bond acceptors (Lipinski definition) is 6. The number of hydrogen-bond donors (Lipinski definition) is 4. The predicted octanol–water partition coefficient (Wildman–Crippen LogP) is -2.57. The molecule has 0 unspecified atom stereocenters. The van der Waals surface area contributed by atoms with Gasteiger partial charge in [0.2, 0.25) is 0 Å². The van der Waals surface area contributed by atoms with E-state index in [0.717, 1.165) is 0 Å². The Labute approximate surface area is 120 Å². The maximum absolute atomic E-state index is 10.3. The van der Waals surface area contributed by atoms with Crippen molar-refractivity contribution in [3.63, 3.8) is 0 Å². The van der Waals surface area contributed by atoms with Gasteiger partial charge in [-0.25, -0.2) is 4.79 Å². The molecule has 9 nitrogen and oxygen atoms in total. The van der Waals surface area contributed by atoms with Crippen molar-refractivity contribution in [2.24, 2.45) is 0 Å². The SMILES string of the molecule is O=C(O)CC(O)(CC(=O)O)C(=O)O.O=S=O.[NaH]. The summed E-state index contributed by atoms with van der Waals surface area (Å²) in [7, 11) is 0.